The van der Waals surface area contributed by atoms with Crippen molar-refractivity contribution in [2.75, 3.05) is 23.5 Å². The summed E-state index contributed by atoms with van der Waals surface area (Å²) in [5.41, 5.74) is -3.14. The highest BCUT2D eigenvalue weighted by Crippen LogP contribution is 2.51. The van der Waals surface area contributed by atoms with Crippen molar-refractivity contribution < 1.29 is 32.5 Å². The summed E-state index contributed by atoms with van der Waals surface area (Å²) in [7, 11) is 1.39. The lowest BCUT2D eigenvalue weighted by Gasteiger charge is -2.44. The van der Waals surface area contributed by atoms with Crippen LogP contribution in [0.25, 0.3) is 0 Å². The van der Waals surface area contributed by atoms with E-state index in [1.807, 2.05) is 0 Å². The van der Waals surface area contributed by atoms with Gasteiger partial charge in [-0.3, -0.25) is 9.80 Å². The summed E-state index contributed by atoms with van der Waals surface area (Å²) >= 11 is 12.1. The summed E-state index contributed by atoms with van der Waals surface area (Å²) in [5.74, 6) is -0.554. The number of urea groups is 1. The minimum atomic E-state index is -4.95. The van der Waals surface area contributed by atoms with Crippen molar-refractivity contribution in [1.29, 1.82) is 0 Å². The monoisotopic (exact) mass is 540 g/mol. The summed E-state index contributed by atoms with van der Waals surface area (Å²) in [6.07, 6.45) is -4.95. The van der Waals surface area contributed by atoms with Crippen molar-refractivity contribution in [2.24, 2.45) is 0 Å². The van der Waals surface area contributed by atoms with E-state index in [0.29, 0.717) is 15.7 Å². The standard InChI is InChI=1S/C25H21Cl2F3N2O4/c1-23(15-35-2)24(34,16-4-3-5-21(14-16)36-25(28,29)30)32(20-12-8-18(27)9-13-20)22(33)31(23)19-10-6-17(26)7-11-19/h3-14,34H,15H2,1-2H3. The molecule has 2 amide bonds. The number of alkyl halides is 3. The summed E-state index contributed by atoms with van der Waals surface area (Å²) in [4.78, 5) is 16.5. The molecule has 11 heteroatoms. The van der Waals surface area contributed by atoms with Crippen LogP contribution in [-0.2, 0) is 10.5 Å². The van der Waals surface area contributed by atoms with Gasteiger partial charge < -0.3 is 14.6 Å². The molecule has 0 aromatic heterocycles. The number of aliphatic hydroxyl groups is 1. The molecule has 36 heavy (non-hydrogen) atoms. The third kappa shape index (κ3) is 4.48. The topological polar surface area (TPSA) is 62.2 Å². The molecule has 0 aliphatic carbocycles. The number of carbonyl (C=O) groups is 1. The number of rotatable bonds is 6. The minimum Gasteiger partial charge on any atom is -0.406 e. The second kappa shape index (κ2) is 9.48. The van der Waals surface area contributed by atoms with Gasteiger partial charge in [-0.15, -0.1) is 13.2 Å². The fourth-order valence-corrected chi connectivity index (χ4v) is 4.77. The highest BCUT2D eigenvalue weighted by atomic mass is 35.5. The van der Waals surface area contributed by atoms with Crippen LogP contribution in [-0.4, -0.2) is 36.8 Å². The van der Waals surface area contributed by atoms with Gasteiger partial charge in [0.1, 0.15) is 11.3 Å². The van der Waals surface area contributed by atoms with Crippen molar-refractivity contribution >= 4 is 40.6 Å². The first-order chi connectivity index (χ1) is 16.9. The average molecular weight is 541 g/mol. The molecule has 0 spiro atoms. The van der Waals surface area contributed by atoms with Crippen molar-refractivity contribution in [1.82, 2.24) is 0 Å². The Bertz CT molecular complexity index is 1260. The van der Waals surface area contributed by atoms with E-state index in [-0.39, 0.29) is 17.9 Å². The van der Waals surface area contributed by atoms with Crippen LogP contribution >= 0.6 is 23.2 Å². The zero-order valence-corrected chi connectivity index (χ0v) is 20.6. The zero-order chi connectivity index (χ0) is 26.3. The lowest BCUT2D eigenvalue weighted by atomic mass is 9.82. The van der Waals surface area contributed by atoms with Crippen molar-refractivity contribution in [2.45, 2.75) is 24.6 Å². The molecular formula is C25H21Cl2F3N2O4. The molecule has 190 valence electrons. The zero-order valence-electron chi connectivity index (χ0n) is 19.1. The van der Waals surface area contributed by atoms with Crippen LogP contribution < -0.4 is 14.5 Å². The van der Waals surface area contributed by atoms with Gasteiger partial charge in [-0.2, -0.15) is 0 Å². The van der Waals surface area contributed by atoms with Gasteiger partial charge in [0, 0.05) is 34.1 Å². The van der Waals surface area contributed by atoms with E-state index in [0.717, 1.165) is 17.0 Å². The second-order valence-electron chi connectivity index (χ2n) is 8.36. The normalized spacial score (nSPS) is 22.3. The van der Waals surface area contributed by atoms with Crippen LogP contribution in [0.4, 0.5) is 29.3 Å². The Morgan fingerprint density at radius 3 is 1.94 bits per heavy atom. The molecule has 2 atom stereocenters. The van der Waals surface area contributed by atoms with E-state index in [1.54, 1.807) is 31.2 Å². The van der Waals surface area contributed by atoms with E-state index in [2.05, 4.69) is 4.74 Å². The van der Waals surface area contributed by atoms with Crippen molar-refractivity contribution in [3.63, 3.8) is 0 Å². The Labute approximate surface area is 215 Å². The van der Waals surface area contributed by atoms with Gasteiger partial charge in [0.15, 0.2) is 5.72 Å². The summed E-state index contributed by atoms with van der Waals surface area (Å²) < 4.78 is 48.5. The molecule has 4 rings (SSSR count). The molecule has 1 aliphatic heterocycles. The average Bonchev–Trinajstić information content (AvgIpc) is 2.98. The largest absolute Gasteiger partial charge is 0.573 e. The maximum Gasteiger partial charge on any atom is 0.573 e. The van der Waals surface area contributed by atoms with Crippen LogP contribution in [0, 0.1) is 0 Å². The molecule has 1 fully saturated rings. The predicted molar refractivity (Wildman–Crippen MR) is 131 cm³/mol. The first-order valence-electron chi connectivity index (χ1n) is 10.6. The Hall–Kier alpha value is -2.98. The van der Waals surface area contributed by atoms with E-state index < -0.39 is 29.4 Å². The highest BCUT2D eigenvalue weighted by molar-refractivity contribution is 6.31. The van der Waals surface area contributed by atoms with E-state index in [9.17, 15) is 23.1 Å². The second-order valence-corrected chi connectivity index (χ2v) is 9.23. The number of methoxy groups -OCH3 is 1. The molecule has 1 heterocycles. The number of hydrogen-bond acceptors (Lipinski definition) is 4. The van der Waals surface area contributed by atoms with E-state index in [4.69, 9.17) is 27.9 Å². The SMILES string of the molecule is COCC1(C)N(c2ccc(Cl)cc2)C(=O)N(c2ccc(Cl)cc2)C1(O)c1cccc(OC(F)(F)F)c1. The molecule has 1 saturated heterocycles. The van der Waals surface area contributed by atoms with Gasteiger partial charge >= 0.3 is 12.4 Å². The predicted octanol–water partition coefficient (Wildman–Crippen LogP) is 6.59. The Morgan fingerprint density at radius 2 is 1.44 bits per heavy atom. The van der Waals surface area contributed by atoms with Gasteiger partial charge in [0.05, 0.1) is 6.61 Å². The number of ether oxygens (including phenoxy) is 2. The molecule has 2 unspecified atom stereocenters. The summed E-state index contributed by atoms with van der Waals surface area (Å²) in [6.45, 7) is 1.39. The number of nitrogens with zero attached hydrogens (tertiary/aromatic N) is 2. The number of hydrogen-bond donors (Lipinski definition) is 1. The third-order valence-electron chi connectivity index (χ3n) is 6.02. The quantitative estimate of drug-likeness (QED) is 0.383. The number of benzene rings is 3. The third-order valence-corrected chi connectivity index (χ3v) is 6.52. The van der Waals surface area contributed by atoms with Gasteiger partial charge in [0.2, 0.25) is 0 Å². The van der Waals surface area contributed by atoms with Gasteiger partial charge in [-0.1, -0.05) is 35.3 Å². The molecule has 3 aromatic rings. The maximum absolute atomic E-state index is 14.0. The first kappa shape index (κ1) is 26.1. The Balaban J connectivity index is 1.98. The lowest BCUT2D eigenvalue weighted by Crippen LogP contribution is -2.60. The van der Waals surface area contributed by atoms with Crippen LogP contribution in [0.1, 0.15) is 12.5 Å². The lowest BCUT2D eigenvalue weighted by molar-refractivity contribution is -0.274. The fourth-order valence-electron chi connectivity index (χ4n) is 4.52. The molecule has 1 aliphatic rings. The molecule has 0 saturated carbocycles. The van der Waals surface area contributed by atoms with Gasteiger partial charge in [-0.25, -0.2) is 4.79 Å². The van der Waals surface area contributed by atoms with Gasteiger partial charge in [0.25, 0.3) is 0 Å². The number of carbonyl (C=O) groups excluding carboxylic acids is 1. The molecule has 6 nitrogen and oxygen atoms in total. The van der Waals surface area contributed by atoms with Crippen LogP contribution in [0.3, 0.4) is 0 Å². The molecule has 0 bridgehead atoms. The molecule has 3 aromatic carbocycles. The number of anilines is 2. The van der Waals surface area contributed by atoms with Crippen molar-refractivity contribution in [3.05, 3.63) is 88.4 Å². The van der Waals surface area contributed by atoms with Crippen LogP contribution in [0.2, 0.25) is 10.0 Å². The maximum atomic E-state index is 14.0. The van der Waals surface area contributed by atoms with E-state index >= 15 is 0 Å². The highest BCUT2D eigenvalue weighted by Gasteiger charge is 2.66. The molecule has 1 N–H and O–H groups in total. The van der Waals surface area contributed by atoms with Crippen LogP contribution in [0.15, 0.2) is 72.8 Å². The van der Waals surface area contributed by atoms with Crippen LogP contribution in [0.5, 0.6) is 5.75 Å². The van der Waals surface area contributed by atoms with Crippen molar-refractivity contribution in [3.8, 4) is 5.75 Å². The summed E-state index contributed by atoms with van der Waals surface area (Å²) in [6, 6.07) is 16.7. The number of amides is 2. The van der Waals surface area contributed by atoms with Gasteiger partial charge in [-0.05, 0) is 67.6 Å². The Kier molecular flexibility index (Phi) is 6.87. The minimum absolute atomic E-state index is 0.0245. The fraction of sp³-hybridized carbons (Fsp3) is 0.240. The molecule has 0 radical (unpaired) electrons. The first-order valence-corrected chi connectivity index (χ1v) is 11.4. The number of halogens is 5. The van der Waals surface area contributed by atoms with E-state index in [1.165, 1.54) is 48.4 Å². The smallest absolute Gasteiger partial charge is 0.406 e. The summed E-state index contributed by atoms with van der Waals surface area (Å²) in [5, 5.41) is 13.3. The molecular weight excluding hydrogens is 520 g/mol. The Morgan fingerprint density at radius 1 is 0.917 bits per heavy atom.